The Morgan fingerprint density at radius 1 is 1.69 bits per heavy atom. The van der Waals surface area contributed by atoms with Gasteiger partial charge in [0, 0.05) is 18.0 Å². The summed E-state index contributed by atoms with van der Waals surface area (Å²) in [6.45, 7) is 3.22. The van der Waals surface area contributed by atoms with Crippen LogP contribution < -0.4 is 5.32 Å². The van der Waals surface area contributed by atoms with Crippen LogP contribution in [0.3, 0.4) is 0 Å². The van der Waals surface area contributed by atoms with E-state index >= 15 is 0 Å². The van der Waals surface area contributed by atoms with Crippen LogP contribution >= 0.6 is 11.3 Å². The monoisotopic (exact) mass is 196 g/mol. The van der Waals surface area contributed by atoms with E-state index in [1.807, 2.05) is 5.51 Å². The molecular weight excluding hydrogens is 180 g/mol. The number of nitrogens with one attached hydrogen (secondary N) is 1. The van der Waals surface area contributed by atoms with Crippen molar-refractivity contribution in [2.45, 2.75) is 38.8 Å². The van der Waals surface area contributed by atoms with Crippen LogP contribution in [-0.4, -0.2) is 11.0 Å². The molecule has 1 N–H and O–H groups in total. The Morgan fingerprint density at radius 3 is 3.08 bits per heavy atom. The Labute approximate surface area is 83.4 Å². The molecule has 2 rings (SSSR count). The van der Waals surface area contributed by atoms with Crippen LogP contribution in [0.25, 0.3) is 0 Å². The average molecular weight is 196 g/mol. The zero-order valence-corrected chi connectivity index (χ0v) is 8.81. The molecule has 2 nitrogen and oxygen atoms in total. The Morgan fingerprint density at radius 2 is 2.54 bits per heavy atom. The Hall–Kier alpha value is -0.410. The van der Waals surface area contributed by atoms with Crippen molar-refractivity contribution in [3.63, 3.8) is 0 Å². The van der Waals surface area contributed by atoms with Gasteiger partial charge in [-0.1, -0.05) is 6.42 Å². The van der Waals surface area contributed by atoms with Gasteiger partial charge >= 0.3 is 0 Å². The number of hydrogen-bond donors (Lipinski definition) is 1. The highest BCUT2D eigenvalue weighted by molar-refractivity contribution is 7.07. The maximum absolute atomic E-state index is 4.25. The van der Waals surface area contributed by atoms with Crippen LogP contribution in [0.5, 0.6) is 0 Å². The molecule has 3 heteroatoms. The molecule has 0 aromatic carbocycles. The third-order valence-electron chi connectivity index (χ3n) is 2.95. The molecule has 1 aromatic rings. The van der Waals surface area contributed by atoms with Crippen molar-refractivity contribution in [1.29, 1.82) is 0 Å². The zero-order chi connectivity index (χ0) is 9.10. The first kappa shape index (κ1) is 9.16. The summed E-state index contributed by atoms with van der Waals surface area (Å²) < 4.78 is 0. The first-order valence-electron chi connectivity index (χ1n) is 4.96. The number of nitrogens with zero attached hydrogens (tertiary/aromatic N) is 1. The van der Waals surface area contributed by atoms with Gasteiger partial charge in [-0.2, -0.15) is 0 Å². The average Bonchev–Trinajstić information content (AvgIpc) is 2.49. The summed E-state index contributed by atoms with van der Waals surface area (Å²) in [4.78, 5) is 4.25. The summed E-state index contributed by atoms with van der Waals surface area (Å²) in [7, 11) is 0. The van der Waals surface area contributed by atoms with Crippen LogP contribution in [0, 0.1) is 5.92 Å². The van der Waals surface area contributed by atoms with Crippen LogP contribution in [-0.2, 0) is 6.54 Å². The van der Waals surface area contributed by atoms with Gasteiger partial charge in [-0.15, -0.1) is 11.3 Å². The van der Waals surface area contributed by atoms with Gasteiger partial charge in [-0.3, -0.25) is 0 Å². The van der Waals surface area contributed by atoms with E-state index in [2.05, 4.69) is 22.6 Å². The van der Waals surface area contributed by atoms with Crippen molar-refractivity contribution < 1.29 is 0 Å². The highest BCUT2D eigenvalue weighted by Crippen LogP contribution is 2.29. The molecule has 0 amide bonds. The largest absolute Gasteiger partial charge is 0.308 e. The normalized spacial score (nSPS) is 19.8. The molecular formula is C10H16N2S. The van der Waals surface area contributed by atoms with Gasteiger partial charge in [0.05, 0.1) is 11.2 Å². The van der Waals surface area contributed by atoms with Gasteiger partial charge in [0.1, 0.15) is 0 Å². The molecule has 1 atom stereocenters. The highest BCUT2D eigenvalue weighted by Gasteiger charge is 2.23. The van der Waals surface area contributed by atoms with E-state index in [-0.39, 0.29) is 0 Å². The lowest BCUT2D eigenvalue weighted by atomic mass is 9.80. The molecule has 1 heterocycles. The summed E-state index contributed by atoms with van der Waals surface area (Å²) >= 11 is 1.67. The Balaban J connectivity index is 1.72. The van der Waals surface area contributed by atoms with E-state index in [4.69, 9.17) is 0 Å². The lowest BCUT2D eigenvalue weighted by molar-refractivity contribution is 0.239. The van der Waals surface area contributed by atoms with Crippen molar-refractivity contribution >= 4 is 11.3 Å². The SMILES string of the molecule is CC(NCc1cscn1)C1CCC1. The van der Waals surface area contributed by atoms with E-state index in [1.165, 1.54) is 25.0 Å². The number of aromatic nitrogens is 1. The first-order valence-corrected chi connectivity index (χ1v) is 5.91. The molecule has 1 aromatic heterocycles. The molecule has 0 spiro atoms. The van der Waals surface area contributed by atoms with Gasteiger partial charge in [-0.05, 0) is 25.7 Å². The van der Waals surface area contributed by atoms with Crippen LogP contribution in [0.2, 0.25) is 0 Å². The minimum atomic E-state index is 0.662. The first-order chi connectivity index (χ1) is 6.36. The lowest BCUT2D eigenvalue weighted by Crippen LogP contribution is -2.36. The van der Waals surface area contributed by atoms with Gasteiger partial charge in [-0.25, -0.2) is 4.98 Å². The standard InChI is InChI=1S/C10H16N2S/c1-8(9-3-2-4-9)11-5-10-6-13-7-12-10/h6-9,11H,2-5H2,1H3. The molecule has 0 bridgehead atoms. The van der Waals surface area contributed by atoms with Gasteiger partial charge < -0.3 is 5.32 Å². The molecule has 1 unspecified atom stereocenters. The minimum Gasteiger partial charge on any atom is -0.308 e. The van der Waals surface area contributed by atoms with Crippen LogP contribution in [0.4, 0.5) is 0 Å². The molecule has 0 radical (unpaired) electrons. The van der Waals surface area contributed by atoms with Crippen molar-refractivity contribution in [1.82, 2.24) is 10.3 Å². The molecule has 13 heavy (non-hydrogen) atoms. The molecule has 0 aliphatic heterocycles. The predicted molar refractivity (Wildman–Crippen MR) is 55.8 cm³/mol. The lowest BCUT2D eigenvalue weighted by Gasteiger charge is -2.31. The van der Waals surface area contributed by atoms with Crippen molar-refractivity contribution in [3.8, 4) is 0 Å². The van der Waals surface area contributed by atoms with E-state index < -0.39 is 0 Å². The third-order valence-corrected chi connectivity index (χ3v) is 3.58. The highest BCUT2D eigenvalue weighted by atomic mass is 32.1. The smallest absolute Gasteiger partial charge is 0.0795 e. The van der Waals surface area contributed by atoms with E-state index in [9.17, 15) is 0 Å². The maximum atomic E-state index is 4.25. The topological polar surface area (TPSA) is 24.9 Å². The minimum absolute atomic E-state index is 0.662. The fraction of sp³-hybridized carbons (Fsp3) is 0.700. The fourth-order valence-electron chi connectivity index (χ4n) is 1.70. The number of rotatable bonds is 4. The fourth-order valence-corrected chi connectivity index (χ4v) is 2.26. The van der Waals surface area contributed by atoms with Crippen molar-refractivity contribution in [3.05, 3.63) is 16.6 Å². The third kappa shape index (κ3) is 2.29. The predicted octanol–water partition coefficient (Wildman–Crippen LogP) is 2.42. The van der Waals surface area contributed by atoms with E-state index in [0.29, 0.717) is 6.04 Å². The maximum Gasteiger partial charge on any atom is 0.0795 e. The van der Waals surface area contributed by atoms with Crippen LogP contribution in [0.15, 0.2) is 10.9 Å². The van der Waals surface area contributed by atoms with Gasteiger partial charge in [0.25, 0.3) is 0 Å². The van der Waals surface area contributed by atoms with Crippen molar-refractivity contribution in [2.75, 3.05) is 0 Å². The van der Waals surface area contributed by atoms with Gasteiger partial charge in [0.15, 0.2) is 0 Å². The summed E-state index contributed by atoms with van der Waals surface area (Å²) in [5, 5.41) is 5.64. The second-order valence-electron chi connectivity index (χ2n) is 3.84. The molecule has 1 saturated carbocycles. The summed E-state index contributed by atoms with van der Waals surface area (Å²) in [6.07, 6.45) is 4.24. The molecule has 72 valence electrons. The summed E-state index contributed by atoms with van der Waals surface area (Å²) in [5.74, 6) is 0.915. The molecule has 1 aliphatic rings. The zero-order valence-electron chi connectivity index (χ0n) is 7.99. The molecule has 1 fully saturated rings. The number of hydrogen-bond acceptors (Lipinski definition) is 3. The van der Waals surface area contributed by atoms with Crippen molar-refractivity contribution in [2.24, 2.45) is 5.92 Å². The van der Waals surface area contributed by atoms with E-state index in [0.717, 1.165) is 12.5 Å². The summed E-state index contributed by atoms with van der Waals surface area (Å²) in [5.41, 5.74) is 3.07. The van der Waals surface area contributed by atoms with E-state index in [1.54, 1.807) is 11.3 Å². The second kappa shape index (κ2) is 4.20. The Bertz CT molecular complexity index is 241. The second-order valence-corrected chi connectivity index (χ2v) is 4.56. The summed E-state index contributed by atoms with van der Waals surface area (Å²) in [6, 6.07) is 0.662. The molecule has 0 saturated heterocycles. The quantitative estimate of drug-likeness (QED) is 0.800. The number of thiazole rings is 1. The Kier molecular flexibility index (Phi) is 2.96. The van der Waals surface area contributed by atoms with Crippen LogP contribution in [0.1, 0.15) is 31.9 Å². The van der Waals surface area contributed by atoms with Gasteiger partial charge in [0.2, 0.25) is 0 Å². The molecule has 1 aliphatic carbocycles.